The van der Waals surface area contributed by atoms with Gasteiger partial charge in [0.2, 0.25) is 0 Å². The summed E-state index contributed by atoms with van der Waals surface area (Å²) in [6, 6.07) is 4.24. The number of nitrogens with one attached hydrogen (secondary N) is 1. The summed E-state index contributed by atoms with van der Waals surface area (Å²) in [5, 5.41) is 3.51. The predicted octanol–water partition coefficient (Wildman–Crippen LogP) is 2.78. The molecule has 106 valence electrons. The Labute approximate surface area is 118 Å². The number of rotatable bonds is 3. The molecular formula is C15H20N4O. The van der Waals surface area contributed by atoms with Crippen molar-refractivity contribution in [1.82, 2.24) is 15.0 Å². The maximum Gasteiger partial charge on any atom is 0.180 e. The van der Waals surface area contributed by atoms with Gasteiger partial charge in [-0.25, -0.2) is 9.97 Å². The van der Waals surface area contributed by atoms with Crippen LogP contribution in [0.3, 0.4) is 0 Å². The highest BCUT2D eigenvalue weighted by Gasteiger charge is 2.23. The van der Waals surface area contributed by atoms with Gasteiger partial charge in [-0.3, -0.25) is 4.98 Å². The highest BCUT2D eigenvalue weighted by Crippen LogP contribution is 2.23. The zero-order chi connectivity index (χ0) is 13.8. The van der Waals surface area contributed by atoms with Gasteiger partial charge in [-0.1, -0.05) is 19.3 Å². The molecular weight excluding hydrogens is 252 g/mol. The van der Waals surface area contributed by atoms with E-state index in [-0.39, 0.29) is 6.10 Å². The lowest BCUT2D eigenvalue weighted by atomic mass is 10.1. The Balaban J connectivity index is 1.80. The number of aromatic nitrogens is 3. The van der Waals surface area contributed by atoms with Crippen LogP contribution in [0.2, 0.25) is 0 Å². The average Bonchev–Trinajstić information content (AvgIpc) is 2.72. The predicted molar refractivity (Wildman–Crippen MR) is 78.6 cm³/mol. The summed E-state index contributed by atoms with van der Waals surface area (Å²) in [5.74, 6) is 0.854. The number of ether oxygens (including phenoxy) is 1. The summed E-state index contributed by atoms with van der Waals surface area (Å²) in [6.07, 6.45) is 9.62. The number of fused-ring (bicyclic) bond motifs is 1. The Kier molecular flexibility index (Phi) is 4.06. The van der Waals surface area contributed by atoms with Crippen molar-refractivity contribution >= 4 is 17.0 Å². The normalized spacial score (nSPS) is 23.4. The molecule has 5 nitrogen and oxygen atoms in total. The van der Waals surface area contributed by atoms with Crippen LogP contribution in [-0.4, -0.2) is 34.2 Å². The second-order valence-electron chi connectivity index (χ2n) is 5.26. The molecule has 5 heteroatoms. The molecule has 2 aromatic rings. The minimum atomic E-state index is 0.261. The molecule has 1 aliphatic rings. The van der Waals surface area contributed by atoms with Crippen molar-refractivity contribution in [3.63, 3.8) is 0 Å². The molecule has 20 heavy (non-hydrogen) atoms. The zero-order valence-corrected chi connectivity index (χ0v) is 11.7. The highest BCUT2D eigenvalue weighted by atomic mass is 16.5. The first-order chi connectivity index (χ1) is 9.86. The van der Waals surface area contributed by atoms with Gasteiger partial charge < -0.3 is 10.1 Å². The molecule has 1 N–H and O–H groups in total. The van der Waals surface area contributed by atoms with E-state index in [1.54, 1.807) is 19.5 Å². The Bertz CT molecular complexity index is 575. The van der Waals surface area contributed by atoms with Crippen molar-refractivity contribution in [1.29, 1.82) is 0 Å². The number of pyridine rings is 1. The number of methoxy groups -OCH3 is 1. The molecule has 3 rings (SSSR count). The van der Waals surface area contributed by atoms with Crippen LogP contribution < -0.4 is 5.32 Å². The fraction of sp³-hybridized carbons (Fsp3) is 0.533. The first kappa shape index (κ1) is 13.2. The third-order valence-corrected chi connectivity index (χ3v) is 3.92. The van der Waals surface area contributed by atoms with Gasteiger partial charge in [0.25, 0.3) is 0 Å². The standard InChI is InChI=1S/C15H20N4O/c1-20-13-6-4-2-3-5-11(13)18-14-8-7-12-15(19-14)17-10-9-16-12/h7-11,13H,2-6H2,1H3,(H,17,18,19)/t11-,13-/m0/s1. The molecule has 1 saturated carbocycles. The van der Waals surface area contributed by atoms with E-state index >= 15 is 0 Å². The molecule has 2 aromatic heterocycles. The van der Waals surface area contributed by atoms with Crippen LogP contribution in [-0.2, 0) is 4.74 Å². The largest absolute Gasteiger partial charge is 0.379 e. The number of nitrogens with zero attached hydrogens (tertiary/aromatic N) is 3. The molecule has 0 bridgehead atoms. The molecule has 0 amide bonds. The molecule has 0 spiro atoms. The maximum absolute atomic E-state index is 5.63. The van der Waals surface area contributed by atoms with Crippen LogP contribution in [0.5, 0.6) is 0 Å². The van der Waals surface area contributed by atoms with Crippen molar-refractivity contribution in [2.45, 2.75) is 44.2 Å². The summed E-state index contributed by atoms with van der Waals surface area (Å²) in [7, 11) is 1.80. The Morgan fingerprint density at radius 2 is 1.95 bits per heavy atom. The van der Waals surface area contributed by atoms with Gasteiger partial charge >= 0.3 is 0 Å². The topological polar surface area (TPSA) is 59.9 Å². The van der Waals surface area contributed by atoms with Gasteiger partial charge in [0.05, 0.1) is 12.1 Å². The van der Waals surface area contributed by atoms with Crippen molar-refractivity contribution in [3.8, 4) is 0 Å². The fourth-order valence-electron chi connectivity index (χ4n) is 2.85. The lowest BCUT2D eigenvalue weighted by Gasteiger charge is -2.25. The van der Waals surface area contributed by atoms with Gasteiger partial charge in [-0.2, -0.15) is 0 Å². The highest BCUT2D eigenvalue weighted by molar-refractivity contribution is 5.71. The van der Waals surface area contributed by atoms with Crippen molar-refractivity contribution in [2.24, 2.45) is 0 Å². The first-order valence-corrected chi connectivity index (χ1v) is 7.24. The van der Waals surface area contributed by atoms with Crippen LogP contribution in [0.25, 0.3) is 11.2 Å². The summed E-state index contributed by atoms with van der Waals surface area (Å²) in [5.41, 5.74) is 1.50. The maximum atomic E-state index is 5.63. The number of anilines is 1. The summed E-state index contributed by atoms with van der Waals surface area (Å²) < 4.78 is 5.63. The lowest BCUT2D eigenvalue weighted by molar-refractivity contribution is 0.0805. The lowest BCUT2D eigenvalue weighted by Crippen LogP contribution is -2.34. The molecule has 2 atom stereocenters. The third kappa shape index (κ3) is 2.88. The third-order valence-electron chi connectivity index (χ3n) is 3.92. The summed E-state index contributed by atoms with van der Waals surface area (Å²) in [6.45, 7) is 0. The number of hydrogen-bond acceptors (Lipinski definition) is 5. The van der Waals surface area contributed by atoms with Crippen molar-refractivity contribution < 1.29 is 4.74 Å². The monoisotopic (exact) mass is 272 g/mol. The van der Waals surface area contributed by atoms with Crippen LogP contribution in [0.4, 0.5) is 5.82 Å². The molecule has 0 aliphatic heterocycles. The molecule has 1 aliphatic carbocycles. The van der Waals surface area contributed by atoms with E-state index in [0.717, 1.165) is 24.2 Å². The molecule has 0 aromatic carbocycles. The summed E-state index contributed by atoms with van der Waals surface area (Å²) >= 11 is 0. The van der Waals surface area contributed by atoms with E-state index in [9.17, 15) is 0 Å². The van der Waals surface area contributed by atoms with E-state index in [1.807, 2.05) is 12.1 Å². The first-order valence-electron chi connectivity index (χ1n) is 7.24. The smallest absolute Gasteiger partial charge is 0.180 e. The molecule has 0 unspecified atom stereocenters. The zero-order valence-electron chi connectivity index (χ0n) is 11.7. The van der Waals surface area contributed by atoms with Gasteiger partial charge in [-0.15, -0.1) is 0 Å². The van der Waals surface area contributed by atoms with Crippen LogP contribution in [0, 0.1) is 0 Å². The van der Waals surface area contributed by atoms with Crippen molar-refractivity contribution in [2.75, 3.05) is 12.4 Å². The second kappa shape index (κ2) is 6.13. The quantitative estimate of drug-likeness (QED) is 0.871. The Morgan fingerprint density at radius 3 is 2.85 bits per heavy atom. The molecule has 0 radical (unpaired) electrons. The van der Waals surface area contributed by atoms with Gasteiger partial charge in [0.1, 0.15) is 11.3 Å². The van der Waals surface area contributed by atoms with Gasteiger partial charge in [-0.05, 0) is 25.0 Å². The Morgan fingerprint density at radius 1 is 1.10 bits per heavy atom. The van der Waals surface area contributed by atoms with Crippen molar-refractivity contribution in [3.05, 3.63) is 24.5 Å². The van der Waals surface area contributed by atoms with E-state index in [1.165, 1.54) is 19.3 Å². The van der Waals surface area contributed by atoms with Gasteiger partial charge in [0, 0.05) is 19.5 Å². The van der Waals surface area contributed by atoms with Crippen LogP contribution in [0.15, 0.2) is 24.5 Å². The van der Waals surface area contributed by atoms with E-state index in [2.05, 4.69) is 20.3 Å². The Hall–Kier alpha value is -1.75. The second-order valence-corrected chi connectivity index (χ2v) is 5.26. The minimum Gasteiger partial charge on any atom is -0.379 e. The minimum absolute atomic E-state index is 0.261. The molecule has 0 saturated heterocycles. The summed E-state index contributed by atoms with van der Waals surface area (Å²) in [4.78, 5) is 13.0. The molecule has 1 fully saturated rings. The van der Waals surface area contributed by atoms with E-state index < -0.39 is 0 Å². The van der Waals surface area contributed by atoms with Gasteiger partial charge in [0.15, 0.2) is 5.65 Å². The van der Waals surface area contributed by atoms with E-state index in [4.69, 9.17) is 4.74 Å². The average molecular weight is 272 g/mol. The molecule has 2 heterocycles. The van der Waals surface area contributed by atoms with Crippen LogP contribution in [0.1, 0.15) is 32.1 Å². The fourth-order valence-corrected chi connectivity index (χ4v) is 2.85. The SMILES string of the molecule is CO[C@H]1CCCCC[C@@H]1Nc1ccc2nccnc2n1. The number of hydrogen-bond donors (Lipinski definition) is 1. The van der Waals surface area contributed by atoms with E-state index in [0.29, 0.717) is 11.7 Å². The van der Waals surface area contributed by atoms with Crippen LogP contribution >= 0.6 is 0 Å².